The van der Waals surface area contributed by atoms with E-state index in [-0.39, 0.29) is 30.2 Å². The zero-order chi connectivity index (χ0) is 18.7. The van der Waals surface area contributed by atoms with E-state index < -0.39 is 11.6 Å². The molecule has 1 saturated heterocycles. The van der Waals surface area contributed by atoms with Crippen LogP contribution in [0.25, 0.3) is 0 Å². The summed E-state index contributed by atoms with van der Waals surface area (Å²) in [6, 6.07) is 4.93. The van der Waals surface area contributed by atoms with Crippen LogP contribution in [0.5, 0.6) is 0 Å². The zero-order valence-electron chi connectivity index (χ0n) is 14.4. The summed E-state index contributed by atoms with van der Waals surface area (Å²) in [5.41, 5.74) is 0.694. The summed E-state index contributed by atoms with van der Waals surface area (Å²) >= 11 is 0. The van der Waals surface area contributed by atoms with Crippen LogP contribution in [-0.2, 0) is 4.79 Å². The average molecular weight is 363 g/mol. The molecule has 2 aromatic rings. The predicted molar refractivity (Wildman–Crippen MR) is 90.0 cm³/mol. The van der Waals surface area contributed by atoms with Crippen LogP contribution in [0.3, 0.4) is 0 Å². The Balaban J connectivity index is 1.49. The number of aryl methyl sites for hydroxylation is 1. The van der Waals surface area contributed by atoms with E-state index in [4.69, 9.17) is 4.52 Å². The molecule has 1 aromatic carbocycles. The van der Waals surface area contributed by atoms with Crippen molar-refractivity contribution in [1.29, 1.82) is 0 Å². The van der Waals surface area contributed by atoms with Crippen molar-refractivity contribution < 1.29 is 22.9 Å². The Bertz CT molecular complexity index is 794. The van der Waals surface area contributed by atoms with Gasteiger partial charge in [-0.3, -0.25) is 9.59 Å². The predicted octanol–water partition coefficient (Wildman–Crippen LogP) is 2.57. The minimum absolute atomic E-state index is 0.0696. The molecule has 0 bridgehead atoms. The number of aromatic nitrogens is 1. The molecule has 26 heavy (non-hydrogen) atoms. The Hall–Kier alpha value is -2.77. The molecule has 0 aliphatic carbocycles. The molecular formula is C18H19F2N3O3. The number of hydrogen-bond donors (Lipinski definition) is 0. The molecular weight excluding hydrogens is 344 g/mol. The van der Waals surface area contributed by atoms with Gasteiger partial charge in [-0.05, 0) is 19.1 Å². The van der Waals surface area contributed by atoms with Crippen molar-refractivity contribution in [3.8, 4) is 0 Å². The smallest absolute Gasteiger partial charge is 0.223 e. The maximum absolute atomic E-state index is 13.3. The van der Waals surface area contributed by atoms with Crippen molar-refractivity contribution >= 4 is 17.4 Å². The first kappa shape index (κ1) is 18.0. The monoisotopic (exact) mass is 363 g/mol. The summed E-state index contributed by atoms with van der Waals surface area (Å²) in [6.45, 7) is 3.53. The van der Waals surface area contributed by atoms with Gasteiger partial charge >= 0.3 is 0 Å². The number of rotatable bonds is 5. The van der Waals surface area contributed by atoms with E-state index in [1.54, 1.807) is 17.9 Å². The lowest BCUT2D eigenvalue weighted by atomic mass is 10.1. The summed E-state index contributed by atoms with van der Waals surface area (Å²) < 4.78 is 31.5. The summed E-state index contributed by atoms with van der Waals surface area (Å²) in [5.74, 6) is -1.06. The molecule has 0 radical (unpaired) electrons. The number of Topliss-reactive ketones (excluding diaryl/α,β-unsaturated/α-hetero) is 1. The van der Waals surface area contributed by atoms with Crippen molar-refractivity contribution in [1.82, 2.24) is 10.1 Å². The van der Waals surface area contributed by atoms with Gasteiger partial charge in [0.2, 0.25) is 5.91 Å². The third-order valence-electron chi connectivity index (χ3n) is 4.32. The van der Waals surface area contributed by atoms with E-state index >= 15 is 0 Å². The zero-order valence-corrected chi connectivity index (χ0v) is 14.4. The summed E-state index contributed by atoms with van der Waals surface area (Å²) in [4.78, 5) is 27.7. The molecule has 138 valence electrons. The van der Waals surface area contributed by atoms with Gasteiger partial charge in [-0.15, -0.1) is 0 Å². The van der Waals surface area contributed by atoms with Gasteiger partial charge in [0.25, 0.3) is 0 Å². The van der Waals surface area contributed by atoms with Gasteiger partial charge in [-0.25, -0.2) is 8.78 Å². The third-order valence-corrected chi connectivity index (χ3v) is 4.32. The lowest BCUT2D eigenvalue weighted by Crippen LogP contribution is -2.48. The van der Waals surface area contributed by atoms with Crippen LogP contribution in [-0.4, -0.2) is 47.9 Å². The van der Waals surface area contributed by atoms with Gasteiger partial charge in [0.05, 0.1) is 0 Å². The lowest BCUT2D eigenvalue weighted by molar-refractivity contribution is -0.131. The molecule has 2 heterocycles. The standard InChI is InChI=1S/C18H19F2N3O3/c1-12-8-16(21-26-12)17(24)2-3-18(25)23-6-4-22(5-7-23)15-10-13(19)9-14(20)11-15/h8-11H,2-7H2,1H3. The number of piperazine rings is 1. The second-order valence-electron chi connectivity index (χ2n) is 6.24. The van der Waals surface area contributed by atoms with E-state index in [1.165, 1.54) is 12.1 Å². The Morgan fingerprint density at radius 2 is 1.69 bits per heavy atom. The molecule has 8 heteroatoms. The largest absolute Gasteiger partial charge is 0.368 e. The highest BCUT2D eigenvalue weighted by Gasteiger charge is 2.23. The number of benzene rings is 1. The third kappa shape index (κ3) is 4.25. The van der Waals surface area contributed by atoms with Gasteiger partial charge in [0.1, 0.15) is 23.1 Å². The summed E-state index contributed by atoms with van der Waals surface area (Å²) in [7, 11) is 0. The van der Waals surface area contributed by atoms with E-state index in [0.29, 0.717) is 37.6 Å². The highest BCUT2D eigenvalue weighted by Crippen LogP contribution is 2.20. The summed E-state index contributed by atoms with van der Waals surface area (Å²) in [5, 5.41) is 3.65. The first-order valence-corrected chi connectivity index (χ1v) is 8.38. The second kappa shape index (κ2) is 7.63. The fourth-order valence-electron chi connectivity index (χ4n) is 2.94. The number of carbonyl (C=O) groups is 2. The van der Waals surface area contributed by atoms with Gasteiger partial charge in [-0.2, -0.15) is 0 Å². The van der Waals surface area contributed by atoms with Crippen molar-refractivity contribution in [3.63, 3.8) is 0 Å². The molecule has 0 unspecified atom stereocenters. The number of amides is 1. The fraction of sp³-hybridized carbons (Fsp3) is 0.389. The van der Waals surface area contributed by atoms with Gasteiger partial charge in [0.15, 0.2) is 5.78 Å². The lowest BCUT2D eigenvalue weighted by Gasteiger charge is -2.36. The molecule has 6 nitrogen and oxygen atoms in total. The minimum atomic E-state index is -0.625. The minimum Gasteiger partial charge on any atom is -0.368 e. The van der Waals surface area contributed by atoms with Crippen LogP contribution < -0.4 is 4.90 Å². The molecule has 1 aromatic heterocycles. The quantitative estimate of drug-likeness (QED) is 0.764. The topological polar surface area (TPSA) is 66.7 Å². The van der Waals surface area contributed by atoms with Crippen LogP contribution in [0.15, 0.2) is 28.8 Å². The number of nitrogens with zero attached hydrogens (tertiary/aromatic N) is 3. The van der Waals surface area contributed by atoms with Crippen molar-refractivity contribution in [2.24, 2.45) is 0 Å². The van der Waals surface area contributed by atoms with Crippen LogP contribution in [0.2, 0.25) is 0 Å². The maximum Gasteiger partial charge on any atom is 0.223 e. The molecule has 3 rings (SSSR count). The number of halogens is 2. The van der Waals surface area contributed by atoms with Crippen molar-refractivity contribution in [3.05, 3.63) is 47.4 Å². The first-order valence-electron chi connectivity index (χ1n) is 8.38. The van der Waals surface area contributed by atoms with Crippen molar-refractivity contribution in [2.75, 3.05) is 31.1 Å². The number of carbonyl (C=O) groups excluding carboxylic acids is 2. The number of ketones is 1. The van der Waals surface area contributed by atoms with Gasteiger partial charge < -0.3 is 14.3 Å². The molecule has 1 aliphatic rings. The molecule has 0 N–H and O–H groups in total. The molecule has 0 spiro atoms. The van der Waals surface area contributed by atoms with E-state index in [9.17, 15) is 18.4 Å². The van der Waals surface area contributed by atoms with Gasteiger partial charge in [0, 0.05) is 56.8 Å². The van der Waals surface area contributed by atoms with E-state index in [0.717, 1.165) is 6.07 Å². The average Bonchev–Trinajstić information content (AvgIpc) is 3.05. The van der Waals surface area contributed by atoms with E-state index in [2.05, 4.69) is 5.16 Å². The molecule has 1 amide bonds. The second-order valence-corrected chi connectivity index (χ2v) is 6.24. The SMILES string of the molecule is Cc1cc(C(=O)CCC(=O)N2CCN(c3cc(F)cc(F)c3)CC2)no1. The van der Waals surface area contributed by atoms with Crippen LogP contribution >= 0.6 is 0 Å². The molecule has 0 atom stereocenters. The van der Waals surface area contributed by atoms with Crippen molar-refractivity contribution in [2.45, 2.75) is 19.8 Å². The Labute approximate surface area is 149 Å². The van der Waals surface area contributed by atoms with E-state index in [1.807, 2.05) is 4.90 Å². The van der Waals surface area contributed by atoms with Crippen LogP contribution in [0.4, 0.5) is 14.5 Å². The van der Waals surface area contributed by atoms with Gasteiger partial charge in [-0.1, -0.05) is 5.16 Å². The molecule has 1 aliphatic heterocycles. The highest BCUT2D eigenvalue weighted by atomic mass is 19.1. The Morgan fingerprint density at radius 1 is 1.04 bits per heavy atom. The number of anilines is 1. The summed E-state index contributed by atoms with van der Waals surface area (Å²) in [6.07, 6.45) is 0.166. The fourth-order valence-corrected chi connectivity index (χ4v) is 2.94. The maximum atomic E-state index is 13.3. The molecule has 0 saturated carbocycles. The Morgan fingerprint density at radius 3 is 2.27 bits per heavy atom. The highest BCUT2D eigenvalue weighted by molar-refractivity contribution is 5.96. The van der Waals surface area contributed by atoms with Crippen LogP contribution in [0.1, 0.15) is 29.1 Å². The number of hydrogen-bond acceptors (Lipinski definition) is 5. The first-order chi connectivity index (χ1) is 12.4. The molecule has 1 fully saturated rings. The van der Waals surface area contributed by atoms with Crippen LogP contribution in [0, 0.1) is 18.6 Å². The Kier molecular flexibility index (Phi) is 5.29. The normalized spacial score (nSPS) is 14.6.